The highest BCUT2D eigenvalue weighted by Crippen LogP contribution is 2.29. The van der Waals surface area contributed by atoms with Gasteiger partial charge in [-0.25, -0.2) is 0 Å². The van der Waals surface area contributed by atoms with Crippen LogP contribution in [0.2, 0.25) is 0 Å². The Balaban J connectivity index is 2.17. The summed E-state index contributed by atoms with van der Waals surface area (Å²) in [7, 11) is 0. The van der Waals surface area contributed by atoms with Gasteiger partial charge in [0, 0.05) is 4.47 Å². The molecule has 0 fully saturated rings. The molecule has 0 amide bonds. The van der Waals surface area contributed by atoms with E-state index in [2.05, 4.69) is 41.9 Å². The molecule has 0 bridgehead atoms. The summed E-state index contributed by atoms with van der Waals surface area (Å²) in [5.74, 6) is 1.71. The van der Waals surface area contributed by atoms with Crippen LogP contribution in [0.5, 0.6) is 11.5 Å². The van der Waals surface area contributed by atoms with Crippen molar-refractivity contribution in [3.05, 3.63) is 57.6 Å². The first-order valence-electron chi connectivity index (χ1n) is 6.34. The summed E-state index contributed by atoms with van der Waals surface area (Å²) in [5.41, 5.74) is 9.12. The van der Waals surface area contributed by atoms with Gasteiger partial charge in [-0.2, -0.15) is 0 Å². The molecule has 0 aliphatic heterocycles. The van der Waals surface area contributed by atoms with Crippen molar-refractivity contribution < 1.29 is 4.74 Å². The van der Waals surface area contributed by atoms with Gasteiger partial charge in [0.15, 0.2) is 0 Å². The van der Waals surface area contributed by atoms with E-state index in [1.165, 1.54) is 16.7 Å². The monoisotopic (exact) mass is 319 g/mol. The molecule has 19 heavy (non-hydrogen) atoms. The predicted molar refractivity (Wildman–Crippen MR) is 82.9 cm³/mol. The van der Waals surface area contributed by atoms with E-state index in [9.17, 15) is 0 Å². The van der Waals surface area contributed by atoms with Crippen LogP contribution >= 0.6 is 15.9 Å². The third-order valence-corrected chi connectivity index (χ3v) is 4.25. The third kappa shape index (κ3) is 3.58. The Morgan fingerprint density at radius 2 is 1.58 bits per heavy atom. The van der Waals surface area contributed by atoms with Crippen LogP contribution in [0.3, 0.4) is 0 Å². The van der Waals surface area contributed by atoms with Crippen LogP contribution in [0.25, 0.3) is 0 Å². The van der Waals surface area contributed by atoms with Crippen molar-refractivity contribution in [2.75, 3.05) is 6.54 Å². The van der Waals surface area contributed by atoms with E-state index in [1.807, 2.05) is 24.3 Å². The zero-order valence-electron chi connectivity index (χ0n) is 11.2. The Labute approximate surface area is 122 Å². The number of hydrogen-bond donors (Lipinski definition) is 1. The van der Waals surface area contributed by atoms with Crippen LogP contribution in [0.4, 0.5) is 0 Å². The zero-order valence-corrected chi connectivity index (χ0v) is 12.8. The van der Waals surface area contributed by atoms with Gasteiger partial charge in [0.25, 0.3) is 0 Å². The molecule has 0 saturated heterocycles. The zero-order chi connectivity index (χ0) is 13.8. The Kier molecular flexibility index (Phi) is 4.61. The van der Waals surface area contributed by atoms with Gasteiger partial charge in [-0.05, 0) is 67.8 Å². The fourth-order valence-electron chi connectivity index (χ4n) is 1.99. The van der Waals surface area contributed by atoms with Gasteiger partial charge in [-0.1, -0.05) is 28.1 Å². The van der Waals surface area contributed by atoms with Crippen molar-refractivity contribution in [3.8, 4) is 11.5 Å². The van der Waals surface area contributed by atoms with Crippen molar-refractivity contribution in [3.63, 3.8) is 0 Å². The SMILES string of the molecule is Cc1cc(Oc2ccc(CCN)cc2)cc(C)c1Br. The maximum atomic E-state index is 5.88. The lowest BCUT2D eigenvalue weighted by atomic mass is 10.1. The average Bonchev–Trinajstić information content (AvgIpc) is 2.38. The van der Waals surface area contributed by atoms with E-state index in [4.69, 9.17) is 10.5 Å². The molecule has 0 heterocycles. The van der Waals surface area contributed by atoms with E-state index in [0.717, 1.165) is 22.4 Å². The van der Waals surface area contributed by atoms with Gasteiger partial charge in [0.2, 0.25) is 0 Å². The first-order valence-corrected chi connectivity index (χ1v) is 7.13. The minimum atomic E-state index is 0.672. The van der Waals surface area contributed by atoms with E-state index in [0.29, 0.717) is 6.54 Å². The largest absolute Gasteiger partial charge is 0.457 e. The third-order valence-electron chi connectivity index (χ3n) is 3.00. The summed E-state index contributed by atoms with van der Waals surface area (Å²) < 4.78 is 7.01. The number of aryl methyl sites for hydroxylation is 2. The van der Waals surface area contributed by atoms with Crippen molar-refractivity contribution in [2.24, 2.45) is 5.73 Å². The molecule has 2 N–H and O–H groups in total. The van der Waals surface area contributed by atoms with Crippen LogP contribution in [0, 0.1) is 13.8 Å². The topological polar surface area (TPSA) is 35.2 Å². The maximum Gasteiger partial charge on any atom is 0.128 e. The lowest BCUT2D eigenvalue weighted by Crippen LogP contribution is -2.02. The molecule has 0 radical (unpaired) electrons. The van der Waals surface area contributed by atoms with E-state index in [1.54, 1.807) is 0 Å². The fraction of sp³-hybridized carbons (Fsp3) is 0.250. The number of nitrogens with two attached hydrogens (primary N) is 1. The molecule has 3 heteroatoms. The first-order chi connectivity index (χ1) is 9.10. The molecule has 0 atom stereocenters. The number of rotatable bonds is 4. The molecule has 0 spiro atoms. The summed E-state index contributed by atoms with van der Waals surface area (Å²) >= 11 is 3.56. The highest BCUT2D eigenvalue weighted by Gasteiger charge is 2.04. The standard InChI is InChI=1S/C16H18BrNO/c1-11-9-15(10-12(2)16(11)17)19-14-5-3-13(4-6-14)7-8-18/h3-6,9-10H,7-8,18H2,1-2H3. The lowest BCUT2D eigenvalue weighted by Gasteiger charge is -2.10. The number of benzene rings is 2. The highest BCUT2D eigenvalue weighted by molar-refractivity contribution is 9.10. The van der Waals surface area contributed by atoms with Crippen LogP contribution in [-0.2, 0) is 6.42 Å². The molecule has 0 aromatic heterocycles. The van der Waals surface area contributed by atoms with E-state index < -0.39 is 0 Å². The quantitative estimate of drug-likeness (QED) is 0.908. The van der Waals surface area contributed by atoms with Gasteiger partial charge < -0.3 is 10.5 Å². The summed E-state index contributed by atoms with van der Waals surface area (Å²) in [5, 5.41) is 0. The van der Waals surface area contributed by atoms with Gasteiger partial charge in [-0.3, -0.25) is 0 Å². The first kappa shape index (κ1) is 14.1. The highest BCUT2D eigenvalue weighted by atomic mass is 79.9. The number of hydrogen-bond acceptors (Lipinski definition) is 2. The Hall–Kier alpha value is -1.32. The molecule has 2 aromatic rings. The van der Waals surface area contributed by atoms with Crippen LogP contribution in [0.1, 0.15) is 16.7 Å². The van der Waals surface area contributed by atoms with Gasteiger partial charge in [-0.15, -0.1) is 0 Å². The molecular weight excluding hydrogens is 302 g/mol. The van der Waals surface area contributed by atoms with Crippen LogP contribution in [0.15, 0.2) is 40.9 Å². The van der Waals surface area contributed by atoms with E-state index >= 15 is 0 Å². The summed E-state index contributed by atoms with van der Waals surface area (Å²) in [4.78, 5) is 0. The summed E-state index contributed by atoms with van der Waals surface area (Å²) in [6, 6.07) is 12.1. The smallest absolute Gasteiger partial charge is 0.128 e. The minimum absolute atomic E-state index is 0.672. The summed E-state index contributed by atoms with van der Waals surface area (Å²) in [6.45, 7) is 4.80. The van der Waals surface area contributed by atoms with Crippen molar-refractivity contribution in [1.82, 2.24) is 0 Å². The minimum Gasteiger partial charge on any atom is -0.457 e. The number of halogens is 1. The average molecular weight is 320 g/mol. The molecule has 2 rings (SSSR count). The van der Waals surface area contributed by atoms with Crippen molar-refractivity contribution in [1.29, 1.82) is 0 Å². The fourth-order valence-corrected chi connectivity index (χ4v) is 2.22. The van der Waals surface area contributed by atoms with Crippen molar-refractivity contribution in [2.45, 2.75) is 20.3 Å². The van der Waals surface area contributed by atoms with Gasteiger partial charge in [0.05, 0.1) is 0 Å². The van der Waals surface area contributed by atoms with E-state index in [-0.39, 0.29) is 0 Å². The molecule has 0 aliphatic carbocycles. The molecule has 100 valence electrons. The second-order valence-corrected chi connectivity index (χ2v) is 5.45. The second-order valence-electron chi connectivity index (χ2n) is 4.66. The molecular formula is C16H18BrNO. The maximum absolute atomic E-state index is 5.88. The van der Waals surface area contributed by atoms with Gasteiger partial charge >= 0.3 is 0 Å². The molecule has 2 aromatic carbocycles. The number of ether oxygens (including phenoxy) is 1. The molecule has 0 unspecified atom stereocenters. The normalized spacial score (nSPS) is 10.5. The van der Waals surface area contributed by atoms with Crippen LogP contribution in [-0.4, -0.2) is 6.54 Å². The Morgan fingerprint density at radius 1 is 1.00 bits per heavy atom. The van der Waals surface area contributed by atoms with Crippen molar-refractivity contribution >= 4 is 15.9 Å². The molecule has 0 aliphatic rings. The van der Waals surface area contributed by atoms with Gasteiger partial charge in [0.1, 0.15) is 11.5 Å². The second kappa shape index (κ2) is 6.22. The van der Waals surface area contributed by atoms with Crippen LogP contribution < -0.4 is 10.5 Å². The molecule has 0 saturated carbocycles. The molecule has 2 nitrogen and oxygen atoms in total. The predicted octanol–water partition coefficient (Wildman–Crippen LogP) is 4.36. The lowest BCUT2D eigenvalue weighted by molar-refractivity contribution is 0.481. The Morgan fingerprint density at radius 3 is 2.11 bits per heavy atom. The Bertz CT molecular complexity index is 540. The summed E-state index contributed by atoms with van der Waals surface area (Å²) in [6.07, 6.45) is 0.900.